The number of Topliss-reactive ketones (excluding diaryl/α,β-unsaturated/α-hetero) is 1. The molecule has 0 aliphatic rings. The molecule has 2 atom stereocenters. The Kier molecular flexibility index (Phi) is 5.22. The van der Waals surface area contributed by atoms with Crippen LogP contribution in [0.5, 0.6) is 0 Å². The lowest BCUT2D eigenvalue weighted by Crippen LogP contribution is -2.20. The SMILES string of the molecule is CC[C@H](c1ccccc1)[C@@H](C(=O)c1ccccc1)c1ccccc1. The van der Waals surface area contributed by atoms with Gasteiger partial charge in [-0.1, -0.05) is 97.9 Å². The van der Waals surface area contributed by atoms with Crippen molar-refractivity contribution >= 4 is 5.78 Å². The van der Waals surface area contributed by atoms with E-state index in [0.717, 1.165) is 17.5 Å². The zero-order valence-electron chi connectivity index (χ0n) is 13.9. The van der Waals surface area contributed by atoms with Crippen molar-refractivity contribution in [1.29, 1.82) is 0 Å². The molecule has 0 saturated heterocycles. The fraction of sp³-hybridized carbons (Fsp3) is 0.174. The molecule has 0 aromatic heterocycles. The highest BCUT2D eigenvalue weighted by molar-refractivity contribution is 6.01. The van der Waals surface area contributed by atoms with Crippen molar-refractivity contribution in [2.45, 2.75) is 25.2 Å². The van der Waals surface area contributed by atoms with Gasteiger partial charge < -0.3 is 0 Å². The van der Waals surface area contributed by atoms with Crippen molar-refractivity contribution in [1.82, 2.24) is 0 Å². The van der Waals surface area contributed by atoms with Gasteiger partial charge in [-0.15, -0.1) is 0 Å². The van der Waals surface area contributed by atoms with Crippen LogP contribution in [0.15, 0.2) is 91.0 Å². The average Bonchev–Trinajstić information content (AvgIpc) is 2.67. The normalized spacial score (nSPS) is 13.2. The van der Waals surface area contributed by atoms with E-state index in [4.69, 9.17) is 0 Å². The fourth-order valence-electron chi connectivity index (χ4n) is 3.37. The monoisotopic (exact) mass is 314 g/mol. The van der Waals surface area contributed by atoms with Crippen LogP contribution in [0.3, 0.4) is 0 Å². The van der Waals surface area contributed by atoms with Crippen molar-refractivity contribution in [3.63, 3.8) is 0 Å². The lowest BCUT2D eigenvalue weighted by molar-refractivity contribution is 0.0945. The predicted octanol–water partition coefficient (Wildman–Crippen LogP) is 5.85. The Hall–Kier alpha value is -2.67. The van der Waals surface area contributed by atoms with Gasteiger partial charge in [-0.25, -0.2) is 0 Å². The maximum absolute atomic E-state index is 13.3. The quantitative estimate of drug-likeness (QED) is 0.522. The van der Waals surface area contributed by atoms with Crippen LogP contribution >= 0.6 is 0 Å². The first kappa shape index (κ1) is 16.2. The first-order valence-electron chi connectivity index (χ1n) is 8.50. The molecule has 0 heterocycles. The van der Waals surface area contributed by atoms with E-state index < -0.39 is 0 Å². The van der Waals surface area contributed by atoms with Gasteiger partial charge in [0, 0.05) is 5.56 Å². The molecular weight excluding hydrogens is 292 g/mol. The van der Waals surface area contributed by atoms with E-state index in [1.807, 2.05) is 66.7 Å². The minimum atomic E-state index is -0.166. The predicted molar refractivity (Wildman–Crippen MR) is 99.4 cm³/mol. The Morgan fingerprint density at radius 3 is 1.67 bits per heavy atom. The fourth-order valence-corrected chi connectivity index (χ4v) is 3.37. The number of benzene rings is 3. The van der Waals surface area contributed by atoms with Gasteiger partial charge in [0.05, 0.1) is 5.92 Å². The zero-order valence-corrected chi connectivity index (χ0v) is 13.9. The third kappa shape index (κ3) is 3.46. The van der Waals surface area contributed by atoms with E-state index in [1.165, 1.54) is 5.56 Å². The highest BCUT2D eigenvalue weighted by atomic mass is 16.1. The molecule has 0 saturated carbocycles. The van der Waals surface area contributed by atoms with Crippen LogP contribution in [0.25, 0.3) is 0 Å². The van der Waals surface area contributed by atoms with E-state index in [-0.39, 0.29) is 17.6 Å². The molecule has 120 valence electrons. The molecule has 0 N–H and O–H groups in total. The van der Waals surface area contributed by atoms with Crippen molar-refractivity contribution in [2.75, 3.05) is 0 Å². The second-order valence-corrected chi connectivity index (χ2v) is 6.04. The number of hydrogen-bond acceptors (Lipinski definition) is 1. The summed E-state index contributed by atoms with van der Waals surface area (Å²) in [5.41, 5.74) is 3.08. The van der Waals surface area contributed by atoms with Gasteiger partial charge in [-0.05, 0) is 23.5 Å². The van der Waals surface area contributed by atoms with E-state index in [9.17, 15) is 4.79 Å². The summed E-state index contributed by atoms with van der Waals surface area (Å²) in [4.78, 5) is 13.3. The van der Waals surface area contributed by atoms with Gasteiger partial charge in [0.15, 0.2) is 5.78 Å². The molecule has 0 aliphatic heterocycles. The molecule has 24 heavy (non-hydrogen) atoms. The van der Waals surface area contributed by atoms with Gasteiger partial charge in [-0.3, -0.25) is 4.79 Å². The van der Waals surface area contributed by atoms with E-state index in [2.05, 4.69) is 31.2 Å². The minimum Gasteiger partial charge on any atom is -0.293 e. The first-order chi connectivity index (χ1) is 11.8. The molecule has 0 amide bonds. The summed E-state index contributed by atoms with van der Waals surface area (Å²) in [5.74, 6) is 0.194. The maximum Gasteiger partial charge on any atom is 0.170 e. The van der Waals surface area contributed by atoms with Crippen molar-refractivity contribution in [3.05, 3.63) is 108 Å². The Morgan fingerprint density at radius 2 is 1.17 bits per heavy atom. The van der Waals surface area contributed by atoms with Gasteiger partial charge >= 0.3 is 0 Å². The van der Waals surface area contributed by atoms with Gasteiger partial charge in [-0.2, -0.15) is 0 Å². The molecule has 0 aliphatic carbocycles. The molecule has 0 radical (unpaired) electrons. The van der Waals surface area contributed by atoms with Crippen molar-refractivity contribution in [2.24, 2.45) is 0 Å². The lowest BCUT2D eigenvalue weighted by atomic mass is 9.76. The van der Waals surface area contributed by atoms with Crippen molar-refractivity contribution in [3.8, 4) is 0 Å². The van der Waals surface area contributed by atoms with Crippen LogP contribution in [-0.2, 0) is 0 Å². The summed E-state index contributed by atoms with van der Waals surface area (Å²) in [7, 11) is 0. The van der Waals surface area contributed by atoms with E-state index in [1.54, 1.807) is 0 Å². The number of ketones is 1. The Bertz CT molecular complexity index is 763. The van der Waals surface area contributed by atoms with Gasteiger partial charge in [0.1, 0.15) is 0 Å². The smallest absolute Gasteiger partial charge is 0.170 e. The van der Waals surface area contributed by atoms with Crippen LogP contribution in [-0.4, -0.2) is 5.78 Å². The summed E-state index contributed by atoms with van der Waals surface area (Å²) >= 11 is 0. The highest BCUT2D eigenvalue weighted by Gasteiger charge is 2.30. The molecule has 1 nitrogen and oxygen atoms in total. The number of rotatable bonds is 6. The molecule has 3 aromatic carbocycles. The summed E-state index contributed by atoms with van der Waals surface area (Å²) in [6, 6.07) is 30.2. The zero-order chi connectivity index (χ0) is 16.8. The van der Waals surface area contributed by atoms with Gasteiger partial charge in [0.2, 0.25) is 0 Å². The van der Waals surface area contributed by atoms with Gasteiger partial charge in [0.25, 0.3) is 0 Å². The molecule has 0 unspecified atom stereocenters. The molecular formula is C23H22O. The standard InChI is InChI=1S/C23H22O/c1-2-21(18-12-6-3-7-13-18)22(19-14-8-4-9-15-19)23(24)20-16-10-5-11-17-20/h3-17,21-22H,2H2,1H3/t21-,22+/m1/s1. The lowest BCUT2D eigenvalue weighted by Gasteiger charge is -2.26. The van der Waals surface area contributed by atoms with Crippen LogP contribution in [0.1, 0.15) is 46.7 Å². The molecule has 0 spiro atoms. The van der Waals surface area contributed by atoms with Crippen LogP contribution in [0, 0.1) is 0 Å². The number of carbonyl (C=O) groups excluding carboxylic acids is 1. The number of hydrogen-bond donors (Lipinski definition) is 0. The average molecular weight is 314 g/mol. The van der Waals surface area contributed by atoms with Crippen molar-refractivity contribution < 1.29 is 4.79 Å². The molecule has 0 bridgehead atoms. The largest absolute Gasteiger partial charge is 0.293 e. The van der Waals surface area contributed by atoms with Crippen LogP contribution in [0.2, 0.25) is 0 Å². The molecule has 3 aromatic rings. The van der Waals surface area contributed by atoms with E-state index >= 15 is 0 Å². The Balaban J connectivity index is 2.07. The summed E-state index contributed by atoms with van der Waals surface area (Å²) in [6.45, 7) is 2.16. The Labute approximate surface area is 144 Å². The second kappa shape index (κ2) is 7.74. The third-order valence-electron chi connectivity index (χ3n) is 4.57. The third-order valence-corrected chi connectivity index (χ3v) is 4.57. The minimum absolute atomic E-state index is 0.166. The van der Waals surface area contributed by atoms with E-state index in [0.29, 0.717) is 0 Å². The second-order valence-electron chi connectivity index (χ2n) is 6.04. The highest BCUT2D eigenvalue weighted by Crippen LogP contribution is 2.37. The summed E-state index contributed by atoms with van der Waals surface area (Å²) in [6.07, 6.45) is 0.919. The summed E-state index contributed by atoms with van der Waals surface area (Å²) in [5, 5.41) is 0. The van der Waals surface area contributed by atoms with Crippen LogP contribution < -0.4 is 0 Å². The molecule has 0 fully saturated rings. The summed E-state index contributed by atoms with van der Waals surface area (Å²) < 4.78 is 0. The topological polar surface area (TPSA) is 17.1 Å². The first-order valence-corrected chi connectivity index (χ1v) is 8.50. The maximum atomic E-state index is 13.3. The Morgan fingerprint density at radius 1 is 0.708 bits per heavy atom. The number of carbonyl (C=O) groups is 1. The molecule has 3 rings (SSSR count). The molecule has 1 heteroatoms. The van der Waals surface area contributed by atoms with Crippen LogP contribution in [0.4, 0.5) is 0 Å².